The molecule has 1 saturated heterocycles. The molecule has 0 saturated carbocycles. The van der Waals surface area contributed by atoms with Crippen LogP contribution in [0.2, 0.25) is 6.55 Å². The smallest absolute Gasteiger partial charge is 0.127 e. The Hall–Kier alpha value is 0.567. The average Bonchev–Trinajstić information content (AvgIpc) is 1.75. The number of hydrogen-bond acceptors (Lipinski definition) is 1. The molecule has 0 aliphatic carbocycles. The second kappa shape index (κ2) is 0.758. The molecule has 2 heteroatoms. The van der Waals surface area contributed by atoms with Crippen LogP contribution in [0.1, 0.15) is 0 Å². The molecule has 1 rings (SSSR count). The largest absolute Gasteiger partial charge is 0.189 e. The third-order valence-corrected chi connectivity index (χ3v) is 3.90. The molecule has 0 atom stereocenters. The summed E-state index contributed by atoms with van der Waals surface area (Å²) < 4.78 is 0. The fourth-order valence-corrected chi connectivity index (χ4v) is 1.95. The molecule has 0 N–H and O–H groups in total. The topological polar surface area (TPSA) is 0 Å². The van der Waals surface area contributed by atoms with E-state index in [4.69, 9.17) is 0 Å². The summed E-state index contributed by atoms with van der Waals surface area (Å²) in [5.41, 5.74) is 0. The van der Waals surface area contributed by atoms with Crippen LogP contribution in [0.25, 0.3) is 0 Å². The molecule has 1 aliphatic rings. The summed E-state index contributed by atoms with van der Waals surface area (Å²) in [6.07, 6.45) is 0. The summed E-state index contributed by atoms with van der Waals surface area (Å²) in [5, 5.41) is 1.50. The van der Waals surface area contributed by atoms with Crippen LogP contribution >= 0.6 is 11.2 Å². The van der Waals surface area contributed by atoms with Crippen LogP contribution in [0.5, 0.6) is 0 Å². The molecule has 0 bridgehead atoms. The Kier molecular flexibility index (Phi) is 0.528. The molecule has 0 amide bonds. The molecule has 0 unspecified atom stereocenters. The maximum absolute atomic E-state index is 2.34. The first kappa shape index (κ1) is 2.79. The van der Waals surface area contributed by atoms with E-state index < -0.39 is 0 Å². The van der Waals surface area contributed by atoms with Crippen molar-refractivity contribution in [2.45, 2.75) is 6.55 Å². The lowest BCUT2D eigenvalue weighted by molar-refractivity contribution is 2.15. The van der Waals surface area contributed by atoms with Crippen LogP contribution in [0.15, 0.2) is 0 Å². The van der Waals surface area contributed by atoms with Gasteiger partial charge in [0.15, 0.2) is 0 Å². The van der Waals surface area contributed by atoms with E-state index >= 15 is 0 Å². The van der Waals surface area contributed by atoms with Crippen molar-refractivity contribution in [3.63, 3.8) is 0 Å². The summed E-state index contributed by atoms with van der Waals surface area (Å²) >= 11 is 2.12. The molecular weight excluding hydrogens is 84.2 g/mol. The second-order valence-corrected chi connectivity index (χ2v) is 6.79. The minimum atomic E-state index is 0.287. The fraction of sp³-hybridized carbons (Fsp3) is 1.00. The van der Waals surface area contributed by atoms with Crippen molar-refractivity contribution in [2.24, 2.45) is 0 Å². The first-order valence-corrected chi connectivity index (χ1v) is 5.26. The SMILES string of the molecule is C[Si]1CS1. The zero-order valence-electron chi connectivity index (χ0n) is 2.62. The van der Waals surface area contributed by atoms with Gasteiger partial charge in [0.1, 0.15) is 7.95 Å². The van der Waals surface area contributed by atoms with Gasteiger partial charge in [0, 0.05) is 0 Å². The van der Waals surface area contributed by atoms with Crippen molar-refractivity contribution in [3.05, 3.63) is 0 Å². The van der Waals surface area contributed by atoms with Crippen LogP contribution in [0.4, 0.5) is 0 Å². The molecule has 4 heavy (non-hydrogen) atoms. The standard InChI is InChI=1S/C2H5SSi/c1-4-2-3-4/h2H2,1H3. The monoisotopic (exact) mass is 89.0 g/mol. The molecule has 0 nitrogen and oxygen atoms in total. The molecule has 1 heterocycles. The van der Waals surface area contributed by atoms with Gasteiger partial charge < -0.3 is 0 Å². The van der Waals surface area contributed by atoms with E-state index in [9.17, 15) is 0 Å². The van der Waals surface area contributed by atoms with Crippen molar-refractivity contribution in [1.82, 2.24) is 0 Å². The van der Waals surface area contributed by atoms with Gasteiger partial charge in [-0.05, 0) is 5.38 Å². The van der Waals surface area contributed by atoms with E-state index in [0.29, 0.717) is 0 Å². The lowest BCUT2D eigenvalue weighted by atomic mass is 11.9. The minimum absolute atomic E-state index is 0.287. The minimum Gasteiger partial charge on any atom is -0.189 e. The molecule has 0 aromatic rings. The molecule has 23 valence electrons. The third-order valence-electron chi connectivity index (χ3n) is 0.433. The maximum Gasteiger partial charge on any atom is 0.127 e. The van der Waals surface area contributed by atoms with Gasteiger partial charge in [-0.15, -0.1) is 0 Å². The van der Waals surface area contributed by atoms with E-state index in [0.717, 1.165) is 0 Å². The first-order valence-electron chi connectivity index (χ1n) is 1.35. The Labute approximate surface area is 31.8 Å². The highest BCUT2D eigenvalue weighted by Gasteiger charge is 2.16. The van der Waals surface area contributed by atoms with Gasteiger partial charge in [0.05, 0.1) is 0 Å². The van der Waals surface area contributed by atoms with Crippen LogP contribution < -0.4 is 0 Å². The van der Waals surface area contributed by atoms with Crippen LogP contribution in [-0.2, 0) is 0 Å². The summed E-state index contributed by atoms with van der Waals surface area (Å²) in [7, 11) is 0.287. The van der Waals surface area contributed by atoms with Gasteiger partial charge in [-0.25, -0.2) is 0 Å². The quantitative estimate of drug-likeness (QED) is 0.314. The Balaban J connectivity index is 2.17. The van der Waals surface area contributed by atoms with Crippen molar-refractivity contribution in [3.8, 4) is 0 Å². The molecule has 0 spiro atoms. The third kappa shape index (κ3) is 0.495. The van der Waals surface area contributed by atoms with E-state index in [-0.39, 0.29) is 7.95 Å². The van der Waals surface area contributed by atoms with Gasteiger partial charge in [-0.3, -0.25) is 0 Å². The highest BCUT2D eigenvalue weighted by Crippen LogP contribution is 2.23. The lowest BCUT2D eigenvalue weighted by Crippen LogP contribution is -1.66. The van der Waals surface area contributed by atoms with Crippen LogP contribution in [-0.4, -0.2) is 13.3 Å². The Morgan fingerprint density at radius 2 is 2.25 bits per heavy atom. The number of rotatable bonds is 0. The summed E-state index contributed by atoms with van der Waals surface area (Å²) in [6, 6.07) is 0. The predicted molar refractivity (Wildman–Crippen MR) is 24.1 cm³/mol. The van der Waals surface area contributed by atoms with Gasteiger partial charge in [0.2, 0.25) is 0 Å². The summed E-state index contributed by atoms with van der Waals surface area (Å²) in [4.78, 5) is 0. The maximum atomic E-state index is 2.34. The highest BCUT2D eigenvalue weighted by molar-refractivity contribution is 8.38. The molecule has 0 aromatic heterocycles. The van der Waals surface area contributed by atoms with E-state index in [1.165, 1.54) is 5.38 Å². The normalized spacial score (nSPS) is 26.2. The molecule has 0 aromatic carbocycles. The number of hydrogen-bond donors (Lipinski definition) is 0. The molecule has 1 fully saturated rings. The Morgan fingerprint density at radius 1 is 2.00 bits per heavy atom. The zero-order chi connectivity index (χ0) is 2.99. The summed E-state index contributed by atoms with van der Waals surface area (Å²) in [5.74, 6) is 0. The molecule has 1 radical (unpaired) electrons. The second-order valence-electron chi connectivity index (χ2n) is 0.991. The van der Waals surface area contributed by atoms with Gasteiger partial charge in [0.25, 0.3) is 0 Å². The predicted octanol–water partition coefficient (Wildman–Crippen LogP) is 0.894. The van der Waals surface area contributed by atoms with Crippen molar-refractivity contribution < 1.29 is 0 Å². The van der Waals surface area contributed by atoms with Gasteiger partial charge in [-0.1, -0.05) is 6.55 Å². The van der Waals surface area contributed by atoms with Crippen LogP contribution in [0, 0.1) is 0 Å². The Morgan fingerprint density at radius 3 is 2.25 bits per heavy atom. The van der Waals surface area contributed by atoms with Crippen molar-refractivity contribution in [1.29, 1.82) is 0 Å². The Bertz CT molecular complexity index is 25.2. The van der Waals surface area contributed by atoms with Crippen LogP contribution in [0.3, 0.4) is 0 Å². The molecule has 1 aliphatic heterocycles. The van der Waals surface area contributed by atoms with Gasteiger partial charge in [-0.2, -0.15) is 11.2 Å². The average molecular weight is 89.2 g/mol. The molecular formula is C2H5SSi. The lowest BCUT2D eigenvalue weighted by Gasteiger charge is -1.45. The van der Waals surface area contributed by atoms with E-state index in [1.807, 2.05) is 0 Å². The summed E-state index contributed by atoms with van der Waals surface area (Å²) in [6.45, 7) is 2.34. The van der Waals surface area contributed by atoms with Crippen molar-refractivity contribution in [2.75, 3.05) is 5.38 Å². The fourth-order valence-electron chi connectivity index (χ4n) is 0.0722. The first-order chi connectivity index (χ1) is 1.89. The van der Waals surface area contributed by atoms with E-state index in [2.05, 4.69) is 17.8 Å². The van der Waals surface area contributed by atoms with E-state index in [1.54, 1.807) is 0 Å². The van der Waals surface area contributed by atoms with Crippen molar-refractivity contribution >= 4 is 19.2 Å². The highest BCUT2D eigenvalue weighted by atomic mass is 32.4. The van der Waals surface area contributed by atoms with Gasteiger partial charge >= 0.3 is 0 Å². The zero-order valence-corrected chi connectivity index (χ0v) is 4.43.